The van der Waals surface area contributed by atoms with Crippen molar-refractivity contribution >= 4 is 11.6 Å². The summed E-state index contributed by atoms with van der Waals surface area (Å²) in [6.45, 7) is 10.1. The van der Waals surface area contributed by atoms with E-state index in [0.29, 0.717) is 6.04 Å². The van der Waals surface area contributed by atoms with Crippen molar-refractivity contribution in [1.82, 2.24) is 4.90 Å². The Kier molecular flexibility index (Phi) is 5.27. The summed E-state index contributed by atoms with van der Waals surface area (Å²) in [7, 11) is 0. The summed E-state index contributed by atoms with van der Waals surface area (Å²) in [5.41, 5.74) is 1.85. The van der Waals surface area contributed by atoms with Crippen LogP contribution in [0.3, 0.4) is 0 Å². The van der Waals surface area contributed by atoms with E-state index in [1.807, 2.05) is 36.9 Å². The lowest BCUT2D eigenvalue weighted by atomic mass is 9.73. The van der Waals surface area contributed by atoms with E-state index in [4.69, 9.17) is 0 Å². The molecule has 0 aromatic heterocycles. The van der Waals surface area contributed by atoms with Crippen LogP contribution in [0.15, 0.2) is 24.3 Å². The van der Waals surface area contributed by atoms with Crippen molar-refractivity contribution in [3.63, 3.8) is 0 Å². The van der Waals surface area contributed by atoms with Gasteiger partial charge in [-0.1, -0.05) is 19.9 Å². The first-order chi connectivity index (χ1) is 10.0. The molecule has 1 aromatic carbocycles. The third kappa shape index (κ3) is 3.78. The van der Waals surface area contributed by atoms with Gasteiger partial charge in [0.15, 0.2) is 0 Å². The molecule has 2 rings (SSSR count). The molecule has 0 bridgehead atoms. The highest BCUT2D eigenvalue weighted by Crippen LogP contribution is 2.35. The summed E-state index contributed by atoms with van der Waals surface area (Å²) < 4.78 is 0. The second-order valence-electron chi connectivity index (χ2n) is 6.38. The number of nitrogens with one attached hydrogen (secondary N) is 1. The topological polar surface area (TPSA) is 32.3 Å². The van der Waals surface area contributed by atoms with Crippen molar-refractivity contribution in [2.45, 2.75) is 46.6 Å². The lowest BCUT2D eigenvalue weighted by molar-refractivity contribution is 0.0773. The van der Waals surface area contributed by atoms with Crippen LogP contribution in [0.2, 0.25) is 0 Å². The fourth-order valence-corrected chi connectivity index (χ4v) is 3.00. The summed E-state index contributed by atoms with van der Waals surface area (Å²) in [5, 5.41) is 3.56. The van der Waals surface area contributed by atoms with Gasteiger partial charge in [-0.2, -0.15) is 0 Å². The molecule has 3 nitrogen and oxygen atoms in total. The number of carbonyl (C=O) groups excluding carboxylic acids is 1. The molecule has 0 spiro atoms. The van der Waals surface area contributed by atoms with Gasteiger partial charge in [0, 0.05) is 30.4 Å². The number of carbonyl (C=O) groups is 1. The van der Waals surface area contributed by atoms with Crippen LogP contribution in [0.25, 0.3) is 0 Å². The molecular weight excluding hydrogens is 260 g/mol. The number of anilines is 1. The SMILES string of the molecule is CCN(CC)C(=O)c1cccc(NC2CC(C(C)C)C2)c1. The van der Waals surface area contributed by atoms with Crippen LogP contribution in [0.1, 0.15) is 50.9 Å². The Bertz CT molecular complexity index is 474. The van der Waals surface area contributed by atoms with E-state index in [2.05, 4.69) is 25.2 Å². The van der Waals surface area contributed by atoms with Crippen molar-refractivity contribution in [2.24, 2.45) is 11.8 Å². The van der Waals surface area contributed by atoms with Gasteiger partial charge in [0.05, 0.1) is 0 Å². The molecule has 1 aliphatic rings. The molecule has 3 heteroatoms. The highest BCUT2D eigenvalue weighted by Gasteiger charge is 2.30. The minimum atomic E-state index is 0.123. The third-order valence-corrected chi connectivity index (χ3v) is 4.65. The predicted octanol–water partition coefficient (Wildman–Crippen LogP) is 4.02. The summed E-state index contributed by atoms with van der Waals surface area (Å²) in [4.78, 5) is 14.2. The molecule has 0 aliphatic heterocycles. The minimum absolute atomic E-state index is 0.123. The van der Waals surface area contributed by atoms with E-state index in [9.17, 15) is 4.79 Å². The van der Waals surface area contributed by atoms with Crippen LogP contribution >= 0.6 is 0 Å². The Morgan fingerprint density at radius 3 is 2.52 bits per heavy atom. The van der Waals surface area contributed by atoms with Gasteiger partial charge in [-0.3, -0.25) is 4.79 Å². The second kappa shape index (κ2) is 6.97. The first-order valence-electron chi connectivity index (χ1n) is 8.21. The Hall–Kier alpha value is -1.51. The zero-order valence-corrected chi connectivity index (χ0v) is 13.7. The smallest absolute Gasteiger partial charge is 0.253 e. The van der Waals surface area contributed by atoms with E-state index in [-0.39, 0.29) is 5.91 Å². The molecule has 1 amide bonds. The first-order valence-corrected chi connectivity index (χ1v) is 8.21. The van der Waals surface area contributed by atoms with Crippen LogP contribution in [-0.2, 0) is 0 Å². The largest absolute Gasteiger partial charge is 0.382 e. The Balaban J connectivity index is 1.97. The molecule has 1 N–H and O–H groups in total. The van der Waals surface area contributed by atoms with Crippen LogP contribution < -0.4 is 5.32 Å². The molecule has 21 heavy (non-hydrogen) atoms. The molecule has 1 aromatic rings. The van der Waals surface area contributed by atoms with Gasteiger partial charge in [-0.05, 0) is 56.7 Å². The van der Waals surface area contributed by atoms with Crippen molar-refractivity contribution in [3.05, 3.63) is 29.8 Å². The quantitative estimate of drug-likeness (QED) is 0.857. The van der Waals surface area contributed by atoms with E-state index in [1.54, 1.807) is 0 Å². The highest BCUT2D eigenvalue weighted by atomic mass is 16.2. The molecule has 116 valence electrons. The normalized spacial score (nSPS) is 21.0. The Morgan fingerprint density at radius 1 is 1.29 bits per heavy atom. The van der Waals surface area contributed by atoms with Crippen LogP contribution in [0, 0.1) is 11.8 Å². The second-order valence-corrected chi connectivity index (χ2v) is 6.38. The van der Waals surface area contributed by atoms with Crippen LogP contribution in [0.5, 0.6) is 0 Å². The maximum absolute atomic E-state index is 12.4. The van der Waals surface area contributed by atoms with Gasteiger partial charge in [-0.25, -0.2) is 0 Å². The van der Waals surface area contributed by atoms with E-state index < -0.39 is 0 Å². The van der Waals surface area contributed by atoms with E-state index >= 15 is 0 Å². The molecule has 0 saturated heterocycles. The molecule has 0 atom stereocenters. The zero-order chi connectivity index (χ0) is 15.4. The summed E-state index contributed by atoms with van der Waals surface area (Å²) >= 11 is 0. The van der Waals surface area contributed by atoms with Gasteiger partial charge in [0.1, 0.15) is 0 Å². The van der Waals surface area contributed by atoms with E-state index in [1.165, 1.54) is 12.8 Å². The zero-order valence-electron chi connectivity index (χ0n) is 13.7. The number of rotatable bonds is 6. The summed E-state index contributed by atoms with van der Waals surface area (Å²) in [6.07, 6.45) is 2.48. The maximum Gasteiger partial charge on any atom is 0.253 e. The fourth-order valence-electron chi connectivity index (χ4n) is 3.00. The average molecular weight is 288 g/mol. The van der Waals surface area contributed by atoms with Gasteiger partial charge in [-0.15, -0.1) is 0 Å². The van der Waals surface area contributed by atoms with Gasteiger partial charge in [0.25, 0.3) is 5.91 Å². The van der Waals surface area contributed by atoms with Crippen LogP contribution in [0.4, 0.5) is 5.69 Å². The number of amides is 1. The number of benzene rings is 1. The van der Waals surface area contributed by atoms with Gasteiger partial charge >= 0.3 is 0 Å². The monoisotopic (exact) mass is 288 g/mol. The number of nitrogens with zero attached hydrogens (tertiary/aromatic N) is 1. The molecular formula is C18H28N2O. The molecule has 0 unspecified atom stereocenters. The first kappa shape index (κ1) is 15.9. The summed E-state index contributed by atoms with van der Waals surface area (Å²) in [6, 6.07) is 8.49. The van der Waals surface area contributed by atoms with Gasteiger partial charge < -0.3 is 10.2 Å². The standard InChI is InChI=1S/C18H28N2O/c1-5-20(6-2)18(21)14-8-7-9-16(10-14)19-17-11-15(12-17)13(3)4/h7-10,13,15,17,19H,5-6,11-12H2,1-4H3. The van der Waals surface area contributed by atoms with Crippen molar-refractivity contribution in [3.8, 4) is 0 Å². The molecule has 1 saturated carbocycles. The Labute approximate surface area is 128 Å². The summed E-state index contributed by atoms with van der Waals surface area (Å²) in [5.74, 6) is 1.75. The molecule has 1 aliphatic carbocycles. The minimum Gasteiger partial charge on any atom is -0.382 e. The highest BCUT2D eigenvalue weighted by molar-refractivity contribution is 5.95. The van der Waals surface area contributed by atoms with Gasteiger partial charge in [0.2, 0.25) is 0 Å². The molecule has 0 radical (unpaired) electrons. The molecule has 0 heterocycles. The maximum atomic E-state index is 12.4. The molecule has 1 fully saturated rings. The number of hydrogen-bond donors (Lipinski definition) is 1. The average Bonchev–Trinajstić information content (AvgIpc) is 2.43. The Morgan fingerprint density at radius 2 is 1.95 bits per heavy atom. The van der Waals surface area contributed by atoms with Crippen molar-refractivity contribution in [2.75, 3.05) is 18.4 Å². The number of hydrogen-bond acceptors (Lipinski definition) is 2. The fraction of sp³-hybridized carbons (Fsp3) is 0.611. The predicted molar refractivity (Wildman–Crippen MR) is 88.7 cm³/mol. The van der Waals surface area contributed by atoms with Crippen LogP contribution in [-0.4, -0.2) is 29.9 Å². The lowest BCUT2D eigenvalue weighted by Gasteiger charge is -2.39. The third-order valence-electron chi connectivity index (χ3n) is 4.65. The van der Waals surface area contributed by atoms with Crippen molar-refractivity contribution in [1.29, 1.82) is 0 Å². The van der Waals surface area contributed by atoms with Crippen molar-refractivity contribution < 1.29 is 4.79 Å². The van der Waals surface area contributed by atoms with E-state index in [0.717, 1.165) is 36.2 Å². The lowest BCUT2D eigenvalue weighted by Crippen LogP contribution is -2.38.